The van der Waals surface area contributed by atoms with Gasteiger partial charge in [0.1, 0.15) is 12.2 Å². The molecule has 0 fully saturated rings. The molecular weight excluding hydrogens is 296 g/mol. The molecule has 0 saturated heterocycles. The van der Waals surface area contributed by atoms with Crippen molar-refractivity contribution in [1.29, 1.82) is 5.26 Å². The number of anilines is 1. The molecule has 1 N–H and O–H groups in total. The van der Waals surface area contributed by atoms with Gasteiger partial charge in [0.05, 0.1) is 12.5 Å². The molecule has 2 rings (SSSR count). The maximum absolute atomic E-state index is 11.9. The first kappa shape index (κ1) is 16.6. The molecule has 2 atom stereocenters. The zero-order chi connectivity index (χ0) is 16.8. The molecule has 1 heterocycles. The third kappa shape index (κ3) is 4.33. The van der Waals surface area contributed by atoms with Crippen molar-refractivity contribution in [2.24, 2.45) is 5.92 Å². The van der Waals surface area contributed by atoms with Crippen LogP contribution in [0.15, 0.2) is 36.1 Å². The van der Waals surface area contributed by atoms with E-state index >= 15 is 0 Å². The molecule has 0 radical (unpaired) electrons. The Hall–Kier alpha value is -2.81. The van der Waals surface area contributed by atoms with E-state index in [-0.39, 0.29) is 17.6 Å². The van der Waals surface area contributed by atoms with Gasteiger partial charge >= 0.3 is 5.97 Å². The van der Waals surface area contributed by atoms with Crippen molar-refractivity contribution in [3.63, 3.8) is 0 Å². The summed E-state index contributed by atoms with van der Waals surface area (Å²) in [5.74, 6) is -0.893. The van der Waals surface area contributed by atoms with Gasteiger partial charge < -0.3 is 14.8 Å². The quantitative estimate of drug-likeness (QED) is 0.863. The fourth-order valence-corrected chi connectivity index (χ4v) is 2.39. The van der Waals surface area contributed by atoms with E-state index < -0.39 is 12.0 Å². The molecule has 0 unspecified atom stereocenters. The lowest BCUT2D eigenvalue weighted by atomic mass is 9.93. The van der Waals surface area contributed by atoms with Crippen LogP contribution >= 0.6 is 0 Å². The predicted molar refractivity (Wildman–Crippen MR) is 83.0 cm³/mol. The number of nitriles is 1. The third-order valence-corrected chi connectivity index (χ3v) is 3.39. The zero-order valence-electron chi connectivity index (χ0n) is 13.0. The maximum atomic E-state index is 11.9. The summed E-state index contributed by atoms with van der Waals surface area (Å²) in [6, 6.07) is 9.06. The van der Waals surface area contributed by atoms with Crippen molar-refractivity contribution in [1.82, 2.24) is 0 Å². The van der Waals surface area contributed by atoms with Gasteiger partial charge in [-0.3, -0.25) is 9.59 Å². The van der Waals surface area contributed by atoms with E-state index in [1.807, 2.05) is 6.07 Å². The Kier molecular flexibility index (Phi) is 5.36. The SMILES string of the molecule is CCOC(=O)[C@@H]1C=C(C#N)O[C@@H](c2ccc(NC(C)=O)cc2)C1. The highest BCUT2D eigenvalue weighted by Gasteiger charge is 2.30. The Bertz CT molecular complexity index is 658. The summed E-state index contributed by atoms with van der Waals surface area (Å²) in [6.07, 6.45) is 1.50. The van der Waals surface area contributed by atoms with Crippen molar-refractivity contribution < 1.29 is 19.1 Å². The minimum Gasteiger partial charge on any atom is -0.476 e. The number of amides is 1. The molecule has 0 saturated carbocycles. The second-order valence-electron chi connectivity index (χ2n) is 5.15. The molecule has 120 valence electrons. The largest absolute Gasteiger partial charge is 0.476 e. The second kappa shape index (κ2) is 7.45. The Balaban J connectivity index is 2.16. The molecule has 23 heavy (non-hydrogen) atoms. The van der Waals surface area contributed by atoms with Crippen LogP contribution in [0.1, 0.15) is 31.9 Å². The third-order valence-electron chi connectivity index (χ3n) is 3.39. The van der Waals surface area contributed by atoms with Crippen LogP contribution in [0.4, 0.5) is 5.69 Å². The lowest BCUT2D eigenvalue weighted by Crippen LogP contribution is -2.23. The van der Waals surface area contributed by atoms with Crippen LogP contribution in [0.3, 0.4) is 0 Å². The maximum Gasteiger partial charge on any atom is 0.313 e. The minimum atomic E-state index is -0.502. The van der Waals surface area contributed by atoms with Crippen molar-refractivity contribution >= 4 is 17.6 Å². The van der Waals surface area contributed by atoms with Gasteiger partial charge in [-0.15, -0.1) is 0 Å². The van der Waals surface area contributed by atoms with Gasteiger partial charge in [0.25, 0.3) is 0 Å². The Morgan fingerprint density at radius 1 is 1.39 bits per heavy atom. The first-order valence-corrected chi connectivity index (χ1v) is 7.36. The van der Waals surface area contributed by atoms with Crippen molar-refractivity contribution in [3.8, 4) is 6.07 Å². The van der Waals surface area contributed by atoms with E-state index in [2.05, 4.69) is 5.32 Å². The van der Waals surface area contributed by atoms with Crippen LogP contribution in [0.25, 0.3) is 0 Å². The van der Waals surface area contributed by atoms with Crippen LogP contribution in [0, 0.1) is 17.2 Å². The molecule has 1 aliphatic heterocycles. The number of carbonyl (C=O) groups is 2. The fourth-order valence-electron chi connectivity index (χ4n) is 2.39. The van der Waals surface area contributed by atoms with Crippen LogP contribution in [0.2, 0.25) is 0 Å². The van der Waals surface area contributed by atoms with Gasteiger partial charge in [-0.2, -0.15) is 5.26 Å². The lowest BCUT2D eigenvalue weighted by Gasteiger charge is -2.26. The van der Waals surface area contributed by atoms with E-state index in [0.29, 0.717) is 18.7 Å². The number of nitrogens with one attached hydrogen (secondary N) is 1. The van der Waals surface area contributed by atoms with Gasteiger partial charge in [0, 0.05) is 19.0 Å². The summed E-state index contributed by atoms with van der Waals surface area (Å²) < 4.78 is 10.6. The van der Waals surface area contributed by atoms with E-state index in [9.17, 15) is 9.59 Å². The summed E-state index contributed by atoms with van der Waals surface area (Å²) in [5, 5.41) is 11.8. The monoisotopic (exact) mass is 314 g/mol. The Morgan fingerprint density at radius 3 is 2.65 bits per heavy atom. The summed E-state index contributed by atoms with van der Waals surface area (Å²) in [7, 11) is 0. The van der Waals surface area contributed by atoms with Gasteiger partial charge in [-0.1, -0.05) is 12.1 Å². The fraction of sp³-hybridized carbons (Fsp3) is 0.353. The summed E-state index contributed by atoms with van der Waals surface area (Å²) in [6.45, 7) is 3.47. The van der Waals surface area contributed by atoms with Gasteiger partial charge in [0.2, 0.25) is 5.91 Å². The highest BCUT2D eigenvalue weighted by Crippen LogP contribution is 2.34. The summed E-state index contributed by atoms with van der Waals surface area (Å²) in [5.41, 5.74) is 1.50. The number of rotatable bonds is 4. The first-order valence-electron chi connectivity index (χ1n) is 7.36. The van der Waals surface area contributed by atoms with E-state index in [4.69, 9.17) is 14.7 Å². The number of hydrogen-bond acceptors (Lipinski definition) is 5. The smallest absolute Gasteiger partial charge is 0.313 e. The van der Waals surface area contributed by atoms with Gasteiger partial charge in [0.15, 0.2) is 5.76 Å². The van der Waals surface area contributed by atoms with Crippen molar-refractivity contribution in [3.05, 3.63) is 41.7 Å². The number of carbonyl (C=O) groups excluding carboxylic acids is 2. The van der Waals surface area contributed by atoms with E-state index in [1.54, 1.807) is 31.2 Å². The van der Waals surface area contributed by atoms with Gasteiger partial charge in [-0.25, -0.2) is 0 Å². The molecule has 1 aromatic rings. The first-order chi connectivity index (χ1) is 11.0. The van der Waals surface area contributed by atoms with E-state index in [1.165, 1.54) is 13.0 Å². The molecule has 0 bridgehead atoms. The molecular formula is C17H18N2O4. The highest BCUT2D eigenvalue weighted by atomic mass is 16.5. The van der Waals surface area contributed by atoms with Crippen LogP contribution in [-0.2, 0) is 19.1 Å². The Labute approximate surface area is 134 Å². The van der Waals surface area contributed by atoms with Crippen LogP contribution < -0.4 is 5.32 Å². The molecule has 1 aromatic carbocycles. The van der Waals surface area contributed by atoms with Crippen LogP contribution in [-0.4, -0.2) is 18.5 Å². The molecule has 0 aromatic heterocycles. The molecule has 0 spiro atoms. The second-order valence-corrected chi connectivity index (χ2v) is 5.15. The summed E-state index contributed by atoms with van der Waals surface area (Å²) in [4.78, 5) is 23.0. The highest BCUT2D eigenvalue weighted by molar-refractivity contribution is 5.88. The number of esters is 1. The topological polar surface area (TPSA) is 88.4 Å². The van der Waals surface area contributed by atoms with Crippen molar-refractivity contribution in [2.45, 2.75) is 26.4 Å². The average molecular weight is 314 g/mol. The molecule has 6 nitrogen and oxygen atoms in total. The number of ether oxygens (including phenoxy) is 2. The average Bonchev–Trinajstić information content (AvgIpc) is 2.54. The zero-order valence-corrected chi connectivity index (χ0v) is 13.0. The Morgan fingerprint density at radius 2 is 2.09 bits per heavy atom. The molecule has 0 aliphatic carbocycles. The summed E-state index contributed by atoms with van der Waals surface area (Å²) >= 11 is 0. The lowest BCUT2D eigenvalue weighted by molar-refractivity contribution is -0.148. The molecule has 6 heteroatoms. The van der Waals surface area contributed by atoms with Gasteiger partial charge in [-0.05, 0) is 30.7 Å². The number of allylic oxidation sites excluding steroid dienone is 1. The predicted octanol–water partition coefficient (Wildman–Crippen LogP) is 2.69. The molecule has 1 amide bonds. The van der Waals surface area contributed by atoms with Crippen LogP contribution in [0.5, 0.6) is 0 Å². The standard InChI is InChI=1S/C17H18N2O4/c1-3-22-17(21)13-8-15(10-18)23-16(9-13)12-4-6-14(7-5-12)19-11(2)20/h4-8,13,16H,3,9H2,1-2H3,(H,19,20)/t13-,16-/m1/s1. The number of hydrogen-bond donors (Lipinski definition) is 1. The number of nitrogens with zero attached hydrogens (tertiary/aromatic N) is 1. The number of benzene rings is 1. The van der Waals surface area contributed by atoms with Crippen molar-refractivity contribution in [2.75, 3.05) is 11.9 Å². The van der Waals surface area contributed by atoms with E-state index in [0.717, 1.165) is 5.56 Å². The molecule has 1 aliphatic rings. The normalized spacial score (nSPS) is 19.8. The minimum absolute atomic E-state index is 0.116.